The molecule has 136 valence electrons. The second-order valence-corrected chi connectivity index (χ2v) is 6.17. The van der Waals surface area contributed by atoms with E-state index in [1.54, 1.807) is 13.0 Å². The molecule has 9 heteroatoms. The number of benzene rings is 1. The second kappa shape index (κ2) is 6.08. The number of hydrogen-bond donors (Lipinski definition) is 1. The van der Waals surface area contributed by atoms with E-state index in [1.807, 2.05) is 0 Å². The molecule has 0 aliphatic carbocycles. The van der Waals surface area contributed by atoms with E-state index in [0.29, 0.717) is 11.4 Å². The van der Waals surface area contributed by atoms with E-state index in [4.69, 9.17) is 0 Å². The first kappa shape index (κ1) is 17.8. The van der Waals surface area contributed by atoms with Gasteiger partial charge >= 0.3 is 12.2 Å². The highest BCUT2D eigenvalue weighted by Crippen LogP contribution is 2.33. The first-order chi connectivity index (χ1) is 12.1. The summed E-state index contributed by atoms with van der Waals surface area (Å²) in [5.74, 6) is -0.557. The van der Waals surface area contributed by atoms with Gasteiger partial charge in [0.25, 0.3) is 5.91 Å². The first-order valence-corrected chi connectivity index (χ1v) is 7.70. The van der Waals surface area contributed by atoms with Gasteiger partial charge in [0.15, 0.2) is 0 Å². The van der Waals surface area contributed by atoms with E-state index in [1.165, 1.54) is 25.4 Å². The van der Waals surface area contributed by atoms with Crippen LogP contribution in [-0.4, -0.2) is 26.8 Å². The normalized spacial score (nSPS) is 20.4. The van der Waals surface area contributed by atoms with Gasteiger partial charge in [0.2, 0.25) is 0 Å². The fourth-order valence-electron chi connectivity index (χ4n) is 2.79. The number of carbonyl (C=O) groups is 2. The molecule has 1 saturated heterocycles. The molecule has 0 spiro atoms. The zero-order valence-corrected chi connectivity index (χ0v) is 14.0. The minimum atomic E-state index is -4.47. The number of aromatic nitrogens is 2. The fraction of sp³-hybridized carbons (Fsp3) is 0.294. The van der Waals surface area contributed by atoms with Gasteiger partial charge in [0, 0.05) is 5.69 Å². The van der Waals surface area contributed by atoms with E-state index in [2.05, 4.69) is 15.3 Å². The van der Waals surface area contributed by atoms with Crippen molar-refractivity contribution in [1.29, 1.82) is 0 Å². The van der Waals surface area contributed by atoms with Crippen LogP contribution in [0.3, 0.4) is 0 Å². The summed E-state index contributed by atoms with van der Waals surface area (Å²) in [5, 5.41) is 2.55. The molecule has 26 heavy (non-hydrogen) atoms. The lowest BCUT2D eigenvalue weighted by Crippen LogP contribution is -2.40. The van der Waals surface area contributed by atoms with Gasteiger partial charge in [0.1, 0.15) is 11.9 Å². The van der Waals surface area contributed by atoms with E-state index in [9.17, 15) is 22.8 Å². The van der Waals surface area contributed by atoms with Gasteiger partial charge in [-0.3, -0.25) is 9.69 Å². The molecule has 3 amide bonds. The highest BCUT2D eigenvalue weighted by atomic mass is 19.4. The van der Waals surface area contributed by atoms with E-state index in [0.717, 1.165) is 17.0 Å². The van der Waals surface area contributed by atoms with Crippen molar-refractivity contribution in [2.45, 2.75) is 32.1 Å². The van der Waals surface area contributed by atoms with Gasteiger partial charge in [-0.1, -0.05) is 12.1 Å². The Morgan fingerprint density at radius 2 is 1.81 bits per heavy atom. The number of imide groups is 1. The number of hydrogen-bond acceptors (Lipinski definition) is 4. The minimum absolute atomic E-state index is 0.0513. The van der Waals surface area contributed by atoms with Crippen LogP contribution in [0.25, 0.3) is 0 Å². The Labute approximate surface area is 147 Å². The zero-order chi connectivity index (χ0) is 19.1. The molecule has 0 saturated carbocycles. The van der Waals surface area contributed by atoms with Gasteiger partial charge in [-0.25, -0.2) is 14.8 Å². The third-order valence-electron chi connectivity index (χ3n) is 4.25. The summed E-state index contributed by atoms with van der Waals surface area (Å²) < 4.78 is 38.1. The third-order valence-corrected chi connectivity index (χ3v) is 4.25. The van der Waals surface area contributed by atoms with Gasteiger partial charge in [-0.2, -0.15) is 13.2 Å². The summed E-state index contributed by atoms with van der Waals surface area (Å²) in [6.07, 6.45) is -3.14. The largest absolute Gasteiger partial charge is 0.416 e. The molecule has 1 aliphatic rings. The standard InChI is InChI=1S/C17H15F3N4O2/c1-10-7-13(22-9-21-10)8-24-14(25)16(2,23-15(24)26)11-3-5-12(6-4-11)17(18,19)20/h3-7,9H,8H2,1-2H3,(H,23,26). The van der Waals surface area contributed by atoms with Gasteiger partial charge in [-0.05, 0) is 37.6 Å². The number of alkyl halides is 3. The second-order valence-electron chi connectivity index (χ2n) is 6.17. The summed E-state index contributed by atoms with van der Waals surface area (Å²) in [4.78, 5) is 34.0. The average Bonchev–Trinajstić information content (AvgIpc) is 2.79. The van der Waals surface area contributed by atoms with Crippen molar-refractivity contribution in [1.82, 2.24) is 20.2 Å². The van der Waals surface area contributed by atoms with Crippen LogP contribution in [-0.2, 0) is 23.1 Å². The van der Waals surface area contributed by atoms with Crippen molar-refractivity contribution >= 4 is 11.9 Å². The quantitative estimate of drug-likeness (QED) is 0.850. The molecule has 1 fully saturated rings. The van der Waals surface area contributed by atoms with Crippen molar-refractivity contribution in [2.24, 2.45) is 0 Å². The Bertz CT molecular complexity index is 867. The van der Waals surface area contributed by atoms with Crippen LogP contribution >= 0.6 is 0 Å². The number of nitrogens with one attached hydrogen (secondary N) is 1. The summed E-state index contributed by atoms with van der Waals surface area (Å²) in [5.41, 5.74) is -0.825. The first-order valence-electron chi connectivity index (χ1n) is 7.70. The van der Waals surface area contributed by atoms with Crippen molar-refractivity contribution in [2.75, 3.05) is 0 Å². The molecule has 1 aliphatic heterocycles. The Hall–Kier alpha value is -2.97. The molecule has 2 heterocycles. The van der Waals surface area contributed by atoms with Crippen LogP contribution < -0.4 is 5.32 Å². The number of amides is 3. The molecule has 1 aromatic heterocycles. The summed E-state index contributed by atoms with van der Waals surface area (Å²) in [6, 6.07) is 5.17. The van der Waals surface area contributed by atoms with E-state index in [-0.39, 0.29) is 12.1 Å². The number of aryl methyl sites for hydroxylation is 1. The maximum absolute atomic E-state index is 12.8. The monoisotopic (exact) mass is 364 g/mol. The molecular weight excluding hydrogens is 349 g/mol. The molecule has 1 N–H and O–H groups in total. The maximum atomic E-state index is 12.8. The third kappa shape index (κ3) is 3.12. The molecule has 1 unspecified atom stereocenters. The van der Waals surface area contributed by atoms with Crippen LogP contribution in [0, 0.1) is 6.92 Å². The van der Waals surface area contributed by atoms with Crippen molar-refractivity contribution in [3.8, 4) is 0 Å². The van der Waals surface area contributed by atoms with Gasteiger partial charge in [0.05, 0.1) is 17.8 Å². The zero-order valence-electron chi connectivity index (χ0n) is 14.0. The Morgan fingerprint density at radius 3 is 2.38 bits per heavy atom. The highest BCUT2D eigenvalue weighted by Gasteiger charge is 2.49. The SMILES string of the molecule is Cc1cc(CN2C(=O)NC(C)(c3ccc(C(F)(F)F)cc3)C2=O)ncn1. The lowest BCUT2D eigenvalue weighted by atomic mass is 9.91. The van der Waals surface area contributed by atoms with Crippen LogP contribution in [0.15, 0.2) is 36.7 Å². The summed E-state index contributed by atoms with van der Waals surface area (Å²) >= 11 is 0. The molecule has 1 aromatic carbocycles. The molecule has 1 atom stereocenters. The lowest BCUT2D eigenvalue weighted by molar-refractivity contribution is -0.137. The number of urea groups is 1. The molecule has 0 bridgehead atoms. The molecule has 3 rings (SSSR count). The number of carbonyl (C=O) groups excluding carboxylic acids is 2. The minimum Gasteiger partial charge on any atom is -0.319 e. The maximum Gasteiger partial charge on any atom is 0.416 e. The number of halogens is 3. The Kier molecular flexibility index (Phi) is 4.17. The topological polar surface area (TPSA) is 75.2 Å². The molecule has 2 aromatic rings. The highest BCUT2D eigenvalue weighted by molar-refractivity contribution is 6.07. The van der Waals surface area contributed by atoms with Crippen molar-refractivity contribution < 1.29 is 22.8 Å². The van der Waals surface area contributed by atoms with Crippen molar-refractivity contribution in [3.63, 3.8) is 0 Å². The summed E-state index contributed by atoms with van der Waals surface area (Å²) in [7, 11) is 0. The summed E-state index contributed by atoms with van der Waals surface area (Å²) in [6.45, 7) is 3.16. The van der Waals surface area contributed by atoms with E-state index < -0.39 is 29.2 Å². The van der Waals surface area contributed by atoms with E-state index >= 15 is 0 Å². The van der Waals surface area contributed by atoms with Crippen LogP contribution in [0.4, 0.5) is 18.0 Å². The predicted octanol–water partition coefficient (Wildman–Crippen LogP) is 2.77. The molecule has 0 radical (unpaired) electrons. The lowest BCUT2D eigenvalue weighted by Gasteiger charge is -2.22. The Morgan fingerprint density at radius 1 is 1.15 bits per heavy atom. The number of nitrogens with zero attached hydrogens (tertiary/aromatic N) is 3. The van der Waals surface area contributed by atoms with Crippen LogP contribution in [0.2, 0.25) is 0 Å². The average molecular weight is 364 g/mol. The van der Waals surface area contributed by atoms with Crippen molar-refractivity contribution in [3.05, 3.63) is 59.2 Å². The van der Waals surface area contributed by atoms with Crippen LogP contribution in [0.5, 0.6) is 0 Å². The van der Waals surface area contributed by atoms with Crippen LogP contribution in [0.1, 0.15) is 29.4 Å². The van der Waals surface area contributed by atoms with Gasteiger partial charge < -0.3 is 5.32 Å². The molecular formula is C17H15F3N4O2. The Balaban J connectivity index is 1.87. The number of rotatable bonds is 3. The van der Waals surface area contributed by atoms with Gasteiger partial charge in [-0.15, -0.1) is 0 Å². The smallest absolute Gasteiger partial charge is 0.319 e. The predicted molar refractivity (Wildman–Crippen MR) is 84.6 cm³/mol. The molecule has 6 nitrogen and oxygen atoms in total. The fourth-order valence-corrected chi connectivity index (χ4v) is 2.79.